The molecular weight excluding hydrogens is 464 g/mol. The summed E-state index contributed by atoms with van der Waals surface area (Å²) in [6, 6.07) is 9.50. The van der Waals surface area contributed by atoms with Crippen molar-refractivity contribution >= 4 is 34.1 Å². The van der Waals surface area contributed by atoms with E-state index in [-0.39, 0.29) is 5.82 Å². The molecule has 178 valence electrons. The van der Waals surface area contributed by atoms with Crippen LogP contribution in [0.2, 0.25) is 5.02 Å². The summed E-state index contributed by atoms with van der Waals surface area (Å²) in [6.45, 7) is 0.522. The second kappa shape index (κ2) is 9.36. The lowest BCUT2D eigenvalue weighted by molar-refractivity contribution is 0.0832. The number of nitrogens with zero attached hydrogens (tertiary/aromatic N) is 6. The Hall–Kier alpha value is -3.95. The summed E-state index contributed by atoms with van der Waals surface area (Å²) in [6.07, 6.45) is 9.18. The topological polar surface area (TPSA) is 118 Å². The average Bonchev–Trinajstić information content (AvgIpc) is 3.28. The van der Waals surface area contributed by atoms with Crippen LogP contribution in [0.15, 0.2) is 66.7 Å². The van der Waals surface area contributed by atoms with Crippen LogP contribution in [0.1, 0.15) is 6.42 Å². The van der Waals surface area contributed by atoms with Crippen LogP contribution in [0.3, 0.4) is 0 Å². The first-order valence-electron chi connectivity index (χ1n) is 11.1. The number of fused-ring (bicyclic) bond motifs is 1. The Kier molecular flexibility index (Phi) is 6.10. The number of nitrogens with two attached hydrogens (primary N) is 1. The smallest absolute Gasteiger partial charge is 0.169 e. The molecule has 0 fully saturated rings. The van der Waals surface area contributed by atoms with Gasteiger partial charge in [0, 0.05) is 50.2 Å². The zero-order valence-electron chi connectivity index (χ0n) is 19.4. The van der Waals surface area contributed by atoms with Crippen LogP contribution in [-0.4, -0.2) is 54.6 Å². The predicted octanol–water partition coefficient (Wildman–Crippen LogP) is 3.83. The van der Waals surface area contributed by atoms with Gasteiger partial charge >= 0.3 is 0 Å². The van der Waals surface area contributed by atoms with Gasteiger partial charge in [0.05, 0.1) is 10.5 Å². The van der Waals surface area contributed by atoms with Gasteiger partial charge in [-0.15, -0.1) is 0 Å². The SMILES string of the molecule is CN1C=CC=C(CCNc2nc(-c3cc(Cl)c4ncccc4c3)c(-c3ccn(C)n3)nc2N)C1O. The van der Waals surface area contributed by atoms with E-state index in [0.29, 0.717) is 40.9 Å². The van der Waals surface area contributed by atoms with Crippen LogP contribution in [0.5, 0.6) is 0 Å². The minimum atomic E-state index is -0.652. The zero-order valence-corrected chi connectivity index (χ0v) is 20.1. The number of rotatable bonds is 6. The number of aliphatic hydroxyl groups is 1. The molecule has 1 aliphatic heterocycles. The van der Waals surface area contributed by atoms with E-state index in [0.717, 1.165) is 22.0 Å². The molecule has 4 heterocycles. The second-order valence-electron chi connectivity index (χ2n) is 8.36. The molecule has 1 unspecified atom stereocenters. The van der Waals surface area contributed by atoms with Crippen molar-refractivity contribution in [3.63, 3.8) is 0 Å². The molecule has 3 aromatic heterocycles. The first-order chi connectivity index (χ1) is 16.9. The van der Waals surface area contributed by atoms with Gasteiger partial charge in [-0.3, -0.25) is 9.67 Å². The van der Waals surface area contributed by atoms with Crippen LogP contribution in [-0.2, 0) is 7.05 Å². The standard InChI is InChI=1S/C25H25ClN8O/c1-33-11-4-6-15(25(33)35)7-10-29-24-23(27)30-22(19-8-12-34(2)32-19)21(31-24)17-13-16-5-3-9-28-20(16)18(26)14-17/h3-6,8-9,11-14,25,35H,7,10H2,1-2H3,(H2,27,30)(H,29,31). The number of halogens is 1. The van der Waals surface area contributed by atoms with Crippen molar-refractivity contribution in [2.75, 3.05) is 24.6 Å². The summed E-state index contributed by atoms with van der Waals surface area (Å²) in [5, 5.41) is 19.6. The number of aliphatic hydroxyl groups excluding tert-OH is 1. The Bertz CT molecular complexity index is 1460. The lowest BCUT2D eigenvalue weighted by atomic mass is 10.0. The summed E-state index contributed by atoms with van der Waals surface area (Å²) in [4.78, 5) is 15.7. The maximum Gasteiger partial charge on any atom is 0.169 e. The van der Waals surface area contributed by atoms with E-state index in [1.165, 1.54) is 0 Å². The lowest BCUT2D eigenvalue weighted by Crippen LogP contribution is -2.31. The van der Waals surface area contributed by atoms with Crippen molar-refractivity contribution in [2.45, 2.75) is 12.6 Å². The summed E-state index contributed by atoms with van der Waals surface area (Å²) < 4.78 is 1.70. The van der Waals surface area contributed by atoms with Gasteiger partial charge in [-0.25, -0.2) is 9.97 Å². The van der Waals surface area contributed by atoms with E-state index in [1.807, 2.05) is 69.0 Å². The van der Waals surface area contributed by atoms with Crippen molar-refractivity contribution in [1.29, 1.82) is 0 Å². The fourth-order valence-electron chi connectivity index (χ4n) is 4.05. The molecule has 0 amide bonds. The molecule has 0 aliphatic carbocycles. The van der Waals surface area contributed by atoms with Crippen molar-refractivity contribution in [3.8, 4) is 22.6 Å². The number of benzene rings is 1. The lowest BCUT2D eigenvalue weighted by Gasteiger charge is -2.27. The molecule has 0 spiro atoms. The summed E-state index contributed by atoms with van der Waals surface area (Å²) >= 11 is 6.57. The maximum absolute atomic E-state index is 10.4. The van der Waals surface area contributed by atoms with E-state index in [2.05, 4.69) is 20.4 Å². The van der Waals surface area contributed by atoms with E-state index < -0.39 is 6.23 Å². The Morgan fingerprint density at radius 1 is 1.17 bits per heavy atom. The van der Waals surface area contributed by atoms with Crippen molar-refractivity contribution in [1.82, 2.24) is 29.6 Å². The molecule has 9 nitrogen and oxygen atoms in total. The fourth-order valence-corrected chi connectivity index (χ4v) is 4.33. The molecule has 0 saturated carbocycles. The number of hydrogen-bond acceptors (Lipinski definition) is 8. The summed E-state index contributed by atoms with van der Waals surface area (Å²) in [5.41, 5.74) is 10.5. The Labute approximate surface area is 207 Å². The predicted molar refractivity (Wildman–Crippen MR) is 138 cm³/mol. The third-order valence-corrected chi connectivity index (χ3v) is 6.15. The number of nitrogen functional groups attached to an aromatic ring is 1. The number of anilines is 2. The van der Waals surface area contributed by atoms with Gasteiger partial charge in [0.25, 0.3) is 0 Å². The monoisotopic (exact) mass is 488 g/mol. The molecule has 10 heteroatoms. The molecule has 4 N–H and O–H groups in total. The zero-order chi connectivity index (χ0) is 24.5. The van der Waals surface area contributed by atoms with Gasteiger partial charge in [0.15, 0.2) is 11.6 Å². The van der Waals surface area contributed by atoms with Crippen molar-refractivity contribution < 1.29 is 5.11 Å². The molecular formula is C25H25ClN8O. The molecule has 5 rings (SSSR count). The summed E-state index contributed by atoms with van der Waals surface area (Å²) in [7, 11) is 3.67. The molecule has 0 bridgehead atoms. The van der Waals surface area contributed by atoms with Crippen molar-refractivity contribution in [3.05, 3.63) is 71.7 Å². The highest BCUT2D eigenvalue weighted by Crippen LogP contribution is 2.35. The minimum Gasteiger partial charge on any atom is -0.381 e. The number of nitrogens with one attached hydrogen (secondary N) is 1. The van der Waals surface area contributed by atoms with Gasteiger partial charge < -0.3 is 21.1 Å². The molecule has 0 saturated heterocycles. The highest BCUT2D eigenvalue weighted by molar-refractivity contribution is 6.35. The number of aryl methyl sites for hydroxylation is 1. The van der Waals surface area contributed by atoms with Crippen molar-refractivity contribution in [2.24, 2.45) is 7.05 Å². The highest BCUT2D eigenvalue weighted by atomic mass is 35.5. The number of aromatic nitrogens is 5. The first kappa shape index (κ1) is 22.8. The minimum absolute atomic E-state index is 0.262. The van der Waals surface area contributed by atoms with Gasteiger partial charge in [-0.1, -0.05) is 23.7 Å². The number of likely N-dealkylation sites (N-methyl/N-ethyl adjacent to an activating group) is 1. The van der Waals surface area contributed by atoms with Gasteiger partial charge in [-0.2, -0.15) is 5.10 Å². The van der Waals surface area contributed by atoms with E-state index >= 15 is 0 Å². The average molecular weight is 489 g/mol. The van der Waals surface area contributed by atoms with Gasteiger partial charge in [0.1, 0.15) is 23.3 Å². The fraction of sp³-hybridized carbons (Fsp3) is 0.200. The number of allylic oxidation sites excluding steroid dienone is 2. The third kappa shape index (κ3) is 4.55. The van der Waals surface area contributed by atoms with Crippen LogP contribution >= 0.6 is 11.6 Å². The Balaban J connectivity index is 1.52. The quantitative estimate of drug-likeness (QED) is 0.374. The summed E-state index contributed by atoms with van der Waals surface area (Å²) in [5.74, 6) is 0.718. The third-order valence-electron chi connectivity index (χ3n) is 5.87. The van der Waals surface area contributed by atoms with Crippen LogP contribution in [0, 0.1) is 0 Å². The van der Waals surface area contributed by atoms with Gasteiger partial charge in [0.2, 0.25) is 0 Å². The number of hydrogen-bond donors (Lipinski definition) is 3. The highest BCUT2D eigenvalue weighted by Gasteiger charge is 2.20. The molecule has 1 aliphatic rings. The molecule has 4 aromatic rings. The van der Waals surface area contributed by atoms with E-state index in [1.54, 1.807) is 15.8 Å². The first-order valence-corrected chi connectivity index (χ1v) is 11.5. The Morgan fingerprint density at radius 3 is 2.83 bits per heavy atom. The van der Waals surface area contributed by atoms with E-state index in [9.17, 15) is 5.11 Å². The van der Waals surface area contributed by atoms with E-state index in [4.69, 9.17) is 22.3 Å². The molecule has 0 radical (unpaired) electrons. The molecule has 35 heavy (non-hydrogen) atoms. The number of pyridine rings is 1. The molecule has 1 atom stereocenters. The van der Waals surface area contributed by atoms with Gasteiger partial charge in [-0.05, 0) is 42.3 Å². The van der Waals surface area contributed by atoms with Crippen LogP contribution in [0.25, 0.3) is 33.5 Å². The largest absolute Gasteiger partial charge is 0.381 e. The molecule has 1 aromatic carbocycles. The maximum atomic E-state index is 10.4. The Morgan fingerprint density at radius 2 is 2.03 bits per heavy atom. The van der Waals surface area contributed by atoms with Crippen LogP contribution in [0.4, 0.5) is 11.6 Å². The normalized spacial score (nSPS) is 15.5. The second-order valence-corrected chi connectivity index (χ2v) is 8.77. The van der Waals surface area contributed by atoms with Crippen LogP contribution < -0.4 is 11.1 Å².